The Morgan fingerprint density at radius 1 is 1.33 bits per heavy atom. The van der Waals surface area contributed by atoms with Gasteiger partial charge in [0.15, 0.2) is 0 Å². The first-order chi connectivity index (χ1) is 10.3. The van der Waals surface area contributed by atoms with Crippen LogP contribution in [-0.4, -0.2) is 49.5 Å². The number of likely N-dealkylation sites (tertiary alicyclic amines) is 1. The zero-order valence-corrected chi connectivity index (χ0v) is 12.7. The van der Waals surface area contributed by atoms with Crippen LogP contribution in [0.2, 0.25) is 0 Å². The number of methoxy groups -OCH3 is 1. The van der Waals surface area contributed by atoms with Crippen LogP contribution in [-0.2, 0) is 4.74 Å². The number of hydrogen-bond donors (Lipinski definition) is 1. The topological polar surface area (TPSA) is 41.9 Å². The molecule has 0 amide bonds. The van der Waals surface area contributed by atoms with Crippen molar-refractivity contribution in [1.29, 1.82) is 0 Å². The molecule has 2 saturated heterocycles. The first-order valence-corrected chi connectivity index (χ1v) is 7.90. The third-order valence-corrected chi connectivity index (χ3v) is 4.69. The van der Waals surface area contributed by atoms with Gasteiger partial charge in [0.25, 0.3) is 0 Å². The highest BCUT2D eigenvalue weighted by Crippen LogP contribution is 2.35. The summed E-state index contributed by atoms with van der Waals surface area (Å²) in [6.07, 6.45) is 2.87. The van der Waals surface area contributed by atoms with E-state index in [9.17, 15) is 5.11 Å². The molecule has 0 aliphatic carbocycles. The van der Waals surface area contributed by atoms with Gasteiger partial charge in [-0.3, -0.25) is 4.90 Å². The first-order valence-electron chi connectivity index (χ1n) is 7.90. The van der Waals surface area contributed by atoms with Crippen molar-refractivity contribution in [3.05, 3.63) is 29.8 Å². The molecule has 1 N–H and O–H groups in total. The van der Waals surface area contributed by atoms with Crippen molar-refractivity contribution in [2.75, 3.05) is 33.4 Å². The maximum Gasteiger partial charge on any atom is 0.119 e. The highest BCUT2D eigenvalue weighted by Gasteiger charge is 2.33. The van der Waals surface area contributed by atoms with E-state index in [0.29, 0.717) is 12.0 Å². The Balaban J connectivity index is 1.71. The molecule has 2 atom stereocenters. The minimum atomic E-state index is -0.221. The van der Waals surface area contributed by atoms with Gasteiger partial charge in [-0.15, -0.1) is 0 Å². The smallest absolute Gasteiger partial charge is 0.119 e. The van der Waals surface area contributed by atoms with Crippen LogP contribution in [0.5, 0.6) is 5.75 Å². The number of nitrogens with zero attached hydrogens (tertiary/aromatic N) is 1. The summed E-state index contributed by atoms with van der Waals surface area (Å²) in [4.78, 5) is 2.44. The molecule has 2 aliphatic heterocycles. The SMILES string of the molecule is COc1cccc([C@@H]2C[C@H](O)CN2CC2CCOCC2)c1. The summed E-state index contributed by atoms with van der Waals surface area (Å²) in [5.41, 5.74) is 1.25. The molecule has 4 nitrogen and oxygen atoms in total. The lowest BCUT2D eigenvalue weighted by Gasteiger charge is -2.31. The Kier molecular flexibility index (Phi) is 4.78. The van der Waals surface area contributed by atoms with E-state index in [1.807, 2.05) is 12.1 Å². The molecule has 0 spiro atoms. The van der Waals surface area contributed by atoms with Crippen LogP contribution in [0.3, 0.4) is 0 Å². The number of hydrogen-bond acceptors (Lipinski definition) is 4. The van der Waals surface area contributed by atoms with Crippen LogP contribution in [0.15, 0.2) is 24.3 Å². The number of β-amino-alcohol motifs (C(OH)–C–C–N with tert-alkyl or cyclic N) is 1. The number of rotatable bonds is 4. The molecule has 0 aromatic heterocycles. The maximum absolute atomic E-state index is 10.1. The molecule has 2 heterocycles. The van der Waals surface area contributed by atoms with Gasteiger partial charge in [-0.05, 0) is 42.9 Å². The van der Waals surface area contributed by atoms with Crippen molar-refractivity contribution in [1.82, 2.24) is 4.90 Å². The summed E-state index contributed by atoms with van der Waals surface area (Å²) in [6.45, 7) is 3.59. The summed E-state index contributed by atoms with van der Waals surface area (Å²) >= 11 is 0. The third-order valence-electron chi connectivity index (χ3n) is 4.69. The standard InChI is InChI=1S/C17H25NO3/c1-20-16-4-2-3-14(9-16)17-10-15(19)12-18(17)11-13-5-7-21-8-6-13/h2-4,9,13,15,17,19H,5-8,10-12H2,1H3/t15-,17-/m0/s1. The van der Waals surface area contributed by atoms with E-state index in [4.69, 9.17) is 9.47 Å². The summed E-state index contributed by atoms with van der Waals surface area (Å²) < 4.78 is 10.8. The molecular formula is C17H25NO3. The van der Waals surface area contributed by atoms with E-state index >= 15 is 0 Å². The van der Waals surface area contributed by atoms with Crippen molar-refractivity contribution in [2.45, 2.75) is 31.4 Å². The Hall–Kier alpha value is -1.10. The van der Waals surface area contributed by atoms with Crippen LogP contribution >= 0.6 is 0 Å². The predicted octanol–water partition coefficient (Wildman–Crippen LogP) is 2.23. The van der Waals surface area contributed by atoms with E-state index < -0.39 is 0 Å². The normalized spacial score (nSPS) is 27.9. The molecule has 1 aromatic rings. The predicted molar refractivity (Wildman–Crippen MR) is 81.5 cm³/mol. The van der Waals surface area contributed by atoms with E-state index in [2.05, 4.69) is 17.0 Å². The number of aliphatic hydroxyl groups is 1. The van der Waals surface area contributed by atoms with Gasteiger partial charge >= 0.3 is 0 Å². The zero-order valence-electron chi connectivity index (χ0n) is 12.7. The average Bonchev–Trinajstić information content (AvgIpc) is 2.89. The second kappa shape index (κ2) is 6.77. The minimum Gasteiger partial charge on any atom is -0.497 e. The lowest BCUT2D eigenvalue weighted by atomic mass is 9.98. The molecule has 21 heavy (non-hydrogen) atoms. The quantitative estimate of drug-likeness (QED) is 0.924. The van der Waals surface area contributed by atoms with Crippen LogP contribution < -0.4 is 4.74 Å². The van der Waals surface area contributed by atoms with Gasteiger partial charge in [-0.1, -0.05) is 12.1 Å². The van der Waals surface area contributed by atoms with Crippen LogP contribution in [0.4, 0.5) is 0 Å². The number of aliphatic hydroxyl groups excluding tert-OH is 1. The Morgan fingerprint density at radius 2 is 2.14 bits per heavy atom. The molecule has 0 unspecified atom stereocenters. The number of ether oxygens (including phenoxy) is 2. The van der Waals surface area contributed by atoms with Gasteiger partial charge in [0.1, 0.15) is 5.75 Å². The molecule has 0 bridgehead atoms. The fourth-order valence-electron chi connectivity index (χ4n) is 3.54. The molecule has 0 saturated carbocycles. The minimum absolute atomic E-state index is 0.221. The van der Waals surface area contributed by atoms with Crippen molar-refractivity contribution in [2.24, 2.45) is 5.92 Å². The molecule has 1 aromatic carbocycles. The van der Waals surface area contributed by atoms with Gasteiger partial charge in [0.05, 0.1) is 13.2 Å². The molecule has 4 heteroatoms. The highest BCUT2D eigenvalue weighted by atomic mass is 16.5. The summed E-state index contributed by atoms with van der Waals surface area (Å²) in [7, 11) is 1.70. The monoisotopic (exact) mass is 291 g/mol. The third kappa shape index (κ3) is 3.57. The van der Waals surface area contributed by atoms with Crippen LogP contribution in [0, 0.1) is 5.92 Å². The number of benzene rings is 1. The summed E-state index contributed by atoms with van der Waals surface area (Å²) in [6, 6.07) is 8.54. The Bertz CT molecular complexity index is 459. The molecular weight excluding hydrogens is 266 g/mol. The lowest BCUT2D eigenvalue weighted by molar-refractivity contribution is 0.0492. The average molecular weight is 291 g/mol. The summed E-state index contributed by atoms with van der Waals surface area (Å²) in [5.74, 6) is 1.58. The van der Waals surface area contributed by atoms with Gasteiger partial charge in [-0.2, -0.15) is 0 Å². The fourth-order valence-corrected chi connectivity index (χ4v) is 3.54. The second-order valence-corrected chi connectivity index (χ2v) is 6.19. The van der Waals surface area contributed by atoms with Crippen molar-refractivity contribution in [3.8, 4) is 5.75 Å². The molecule has 3 rings (SSSR count). The molecule has 0 radical (unpaired) electrons. The van der Waals surface area contributed by atoms with Crippen LogP contribution in [0.1, 0.15) is 30.9 Å². The van der Waals surface area contributed by atoms with Crippen LogP contribution in [0.25, 0.3) is 0 Å². The van der Waals surface area contributed by atoms with Crippen molar-refractivity contribution < 1.29 is 14.6 Å². The zero-order chi connectivity index (χ0) is 14.7. The highest BCUT2D eigenvalue weighted by molar-refractivity contribution is 5.31. The second-order valence-electron chi connectivity index (χ2n) is 6.19. The molecule has 2 fully saturated rings. The molecule has 2 aliphatic rings. The largest absolute Gasteiger partial charge is 0.497 e. The van der Waals surface area contributed by atoms with Gasteiger partial charge < -0.3 is 14.6 Å². The van der Waals surface area contributed by atoms with E-state index in [-0.39, 0.29) is 6.10 Å². The van der Waals surface area contributed by atoms with Crippen molar-refractivity contribution >= 4 is 0 Å². The Labute approximate surface area is 126 Å². The lowest BCUT2D eigenvalue weighted by Crippen LogP contribution is -2.33. The van der Waals surface area contributed by atoms with Gasteiger partial charge in [0, 0.05) is 32.3 Å². The van der Waals surface area contributed by atoms with E-state index in [1.165, 1.54) is 5.56 Å². The van der Waals surface area contributed by atoms with Gasteiger partial charge in [0.2, 0.25) is 0 Å². The molecule has 116 valence electrons. The Morgan fingerprint density at radius 3 is 2.90 bits per heavy atom. The van der Waals surface area contributed by atoms with Gasteiger partial charge in [-0.25, -0.2) is 0 Å². The first kappa shape index (κ1) is 14.8. The van der Waals surface area contributed by atoms with E-state index in [1.54, 1.807) is 7.11 Å². The van der Waals surface area contributed by atoms with Crippen molar-refractivity contribution in [3.63, 3.8) is 0 Å². The summed E-state index contributed by atoms with van der Waals surface area (Å²) in [5, 5.41) is 10.1. The van der Waals surface area contributed by atoms with E-state index in [0.717, 1.165) is 51.3 Å². The maximum atomic E-state index is 10.1. The fraction of sp³-hybridized carbons (Fsp3) is 0.647.